The number of hydrogen-bond acceptors (Lipinski definition) is 1. The van der Waals surface area contributed by atoms with Crippen LogP contribution in [-0.2, 0) is 0 Å². The second kappa shape index (κ2) is 4.05. The van der Waals surface area contributed by atoms with Crippen molar-refractivity contribution < 1.29 is 0 Å². The minimum atomic E-state index is -0.321. The van der Waals surface area contributed by atoms with Crippen molar-refractivity contribution in [3.63, 3.8) is 0 Å². The van der Waals surface area contributed by atoms with Crippen LogP contribution in [0.25, 0.3) is 0 Å². The third-order valence-electron chi connectivity index (χ3n) is 3.39. The summed E-state index contributed by atoms with van der Waals surface area (Å²) in [6.07, 6.45) is 10.2. The molecule has 1 fully saturated rings. The molecule has 0 atom stereocenters. The fraction of sp³-hybridized carbons (Fsp3) is 1.00. The Morgan fingerprint density at radius 1 is 1.00 bits per heavy atom. The molecule has 0 saturated carbocycles. The van der Waals surface area contributed by atoms with E-state index in [9.17, 15) is 0 Å². The van der Waals surface area contributed by atoms with Crippen LogP contribution in [0, 0.1) is 0 Å². The van der Waals surface area contributed by atoms with Crippen LogP contribution >= 0.6 is 10.0 Å². The van der Waals surface area contributed by atoms with E-state index in [4.69, 9.17) is 0 Å². The molecule has 0 aromatic rings. The highest BCUT2D eigenvalue weighted by molar-refractivity contribution is 8.32. The molecule has 0 aromatic heterocycles. The van der Waals surface area contributed by atoms with Gasteiger partial charge >= 0.3 is 0 Å². The molecular formula is C12H27NS. The maximum atomic E-state index is 2.63. The first-order chi connectivity index (χ1) is 6.21. The van der Waals surface area contributed by atoms with Crippen molar-refractivity contribution >= 4 is 10.0 Å². The largest absolute Gasteiger partial charge is 0.298 e. The van der Waals surface area contributed by atoms with Crippen LogP contribution in [-0.4, -0.2) is 47.5 Å². The lowest BCUT2D eigenvalue weighted by molar-refractivity contribution is 0.112. The van der Waals surface area contributed by atoms with E-state index in [1.807, 2.05) is 0 Å². The molecule has 1 nitrogen and oxygen atoms in total. The van der Waals surface area contributed by atoms with Gasteiger partial charge in [0.05, 0.1) is 0 Å². The zero-order chi connectivity index (χ0) is 11.0. The van der Waals surface area contributed by atoms with Crippen LogP contribution < -0.4 is 0 Å². The lowest BCUT2D eigenvalue weighted by Crippen LogP contribution is -2.47. The molecule has 0 N–H and O–H groups in total. The summed E-state index contributed by atoms with van der Waals surface area (Å²) < 4.78 is 0. The normalized spacial score (nSPS) is 23.9. The van der Waals surface area contributed by atoms with Gasteiger partial charge in [0.2, 0.25) is 0 Å². The molecule has 0 spiro atoms. The van der Waals surface area contributed by atoms with Gasteiger partial charge in [-0.25, -0.2) is 10.0 Å². The Morgan fingerprint density at radius 2 is 1.43 bits per heavy atom. The topological polar surface area (TPSA) is 3.24 Å². The van der Waals surface area contributed by atoms with Crippen LogP contribution in [0.1, 0.15) is 33.6 Å². The average Bonchev–Trinajstić information content (AvgIpc) is 2.01. The van der Waals surface area contributed by atoms with Crippen molar-refractivity contribution in [1.29, 1.82) is 0 Å². The van der Waals surface area contributed by atoms with E-state index < -0.39 is 0 Å². The lowest BCUT2D eigenvalue weighted by Gasteiger charge is -2.46. The zero-order valence-corrected chi connectivity index (χ0v) is 11.6. The van der Waals surface area contributed by atoms with Gasteiger partial charge in [-0.15, -0.1) is 0 Å². The van der Waals surface area contributed by atoms with Gasteiger partial charge in [-0.1, -0.05) is 0 Å². The van der Waals surface area contributed by atoms with E-state index in [1.54, 1.807) is 0 Å². The molecule has 0 unspecified atom stereocenters. The first-order valence-corrected chi connectivity index (χ1v) is 8.55. The van der Waals surface area contributed by atoms with Gasteiger partial charge in [-0.05, 0) is 70.7 Å². The molecule has 2 heteroatoms. The summed E-state index contributed by atoms with van der Waals surface area (Å²) in [5, 5.41) is 1.00. The monoisotopic (exact) mass is 217 g/mol. The van der Waals surface area contributed by atoms with Crippen molar-refractivity contribution in [2.24, 2.45) is 0 Å². The van der Waals surface area contributed by atoms with Crippen LogP contribution in [0.5, 0.6) is 0 Å². The van der Waals surface area contributed by atoms with Gasteiger partial charge in [0.1, 0.15) is 0 Å². The molecule has 1 rings (SSSR count). The van der Waals surface area contributed by atoms with Gasteiger partial charge in [-0.2, -0.15) is 0 Å². The average molecular weight is 217 g/mol. The maximum absolute atomic E-state index is 2.63. The predicted octanol–water partition coefficient (Wildman–Crippen LogP) is 2.94. The number of hydrogen-bond donors (Lipinski definition) is 0. The Hall–Kier alpha value is 0.310. The van der Waals surface area contributed by atoms with Crippen molar-refractivity contribution in [2.75, 3.05) is 31.9 Å². The molecule has 86 valence electrons. The van der Waals surface area contributed by atoms with E-state index in [0.717, 1.165) is 5.25 Å². The minimum Gasteiger partial charge on any atom is -0.298 e. The van der Waals surface area contributed by atoms with Crippen LogP contribution in [0.4, 0.5) is 0 Å². The highest BCUT2D eigenvalue weighted by Crippen LogP contribution is 2.46. The molecule has 1 aliphatic heterocycles. The number of likely N-dealkylation sites (tertiary alicyclic amines) is 1. The molecule has 0 aliphatic carbocycles. The van der Waals surface area contributed by atoms with E-state index in [-0.39, 0.29) is 10.0 Å². The molecule has 0 bridgehead atoms. The van der Waals surface area contributed by atoms with E-state index >= 15 is 0 Å². The van der Waals surface area contributed by atoms with Gasteiger partial charge in [-0.3, -0.25) is 4.90 Å². The van der Waals surface area contributed by atoms with Crippen LogP contribution in [0.3, 0.4) is 0 Å². The standard InChI is InChI=1S/C12H27NS/c1-12(2,3)13-9-7-11(8-10-13)14(4,5)6/h11H,7-10H2,1-6H3. The Morgan fingerprint density at radius 3 is 1.71 bits per heavy atom. The molecule has 0 radical (unpaired) electrons. The third-order valence-corrected chi connectivity index (χ3v) is 5.86. The molecule has 1 heterocycles. The Kier molecular flexibility index (Phi) is 3.58. The molecule has 0 aromatic carbocycles. The first-order valence-electron chi connectivity index (χ1n) is 5.63. The summed E-state index contributed by atoms with van der Waals surface area (Å²) in [4.78, 5) is 2.63. The van der Waals surface area contributed by atoms with Crippen LogP contribution in [0.15, 0.2) is 0 Å². The second-order valence-corrected chi connectivity index (χ2v) is 10.8. The molecule has 1 saturated heterocycles. The second-order valence-electron chi connectivity index (χ2n) is 6.29. The van der Waals surface area contributed by atoms with Crippen molar-refractivity contribution in [2.45, 2.75) is 44.4 Å². The number of rotatable bonds is 1. The lowest BCUT2D eigenvalue weighted by atomic mass is 10.0. The molecule has 14 heavy (non-hydrogen) atoms. The maximum Gasteiger partial charge on any atom is 0.0125 e. The Bertz CT molecular complexity index is 157. The van der Waals surface area contributed by atoms with Gasteiger partial charge in [0, 0.05) is 5.54 Å². The third kappa shape index (κ3) is 3.16. The summed E-state index contributed by atoms with van der Waals surface area (Å²) in [5.41, 5.74) is 0.373. The highest BCUT2D eigenvalue weighted by Gasteiger charge is 2.30. The number of nitrogens with zero attached hydrogens (tertiary/aromatic N) is 1. The molecular weight excluding hydrogens is 190 g/mol. The number of piperidine rings is 1. The van der Waals surface area contributed by atoms with Gasteiger partial charge in [0.15, 0.2) is 0 Å². The summed E-state index contributed by atoms with van der Waals surface area (Å²) >= 11 is 0. The Balaban J connectivity index is 2.47. The van der Waals surface area contributed by atoms with Crippen molar-refractivity contribution in [3.8, 4) is 0 Å². The predicted molar refractivity (Wildman–Crippen MR) is 69.7 cm³/mol. The first kappa shape index (κ1) is 12.4. The van der Waals surface area contributed by atoms with Gasteiger partial charge < -0.3 is 0 Å². The van der Waals surface area contributed by atoms with Gasteiger partial charge in [0.25, 0.3) is 0 Å². The fourth-order valence-electron chi connectivity index (χ4n) is 2.23. The summed E-state index contributed by atoms with van der Waals surface area (Å²) in [6, 6.07) is 0. The SMILES string of the molecule is CC(C)(C)N1CCC(S(C)(C)C)CC1. The summed E-state index contributed by atoms with van der Waals surface area (Å²) in [7, 11) is -0.321. The van der Waals surface area contributed by atoms with Crippen LogP contribution in [0.2, 0.25) is 0 Å². The summed E-state index contributed by atoms with van der Waals surface area (Å²) in [5.74, 6) is 0. The van der Waals surface area contributed by atoms with Crippen molar-refractivity contribution in [3.05, 3.63) is 0 Å². The highest BCUT2D eigenvalue weighted by atomic mass is 32.3. The molecule has 0 amide bonds. The van der Waals surface area contributed by atoms with E-state index in [1.165, 1.54) is 25.9 Å². The molecule has 1 aliphatic rings. The van der Waals surface area contributed by atoms with E-state index in [0.29, 0.717) is 5.54 Å². The zero-order valence-electron chi connectivity index (χ0n) is 10.8. The van der Waals surface area contributed by atoms with E-state index in [2.05, 4.69) is 44.4 Å². The minimum absolute atomic E-state index is 0.321. The smallest absolute Gasteiger partial charge is 0.0125 e. The van der Waals surface area contributed by atoms with Crippen molar-refractivity contribution in [1.82, 2.24) is 4.90 Å². The fourth-order valence-corrected chi connectivity index (χ4v) is 3.86. The summed E-state index contributed by atoms with van der Waals surface area (Å²) in [6.45, 7) is 9.60. The quantitative estimate of drug-likeness (QED) is 0.653. The Labute approximate surface area is 91.6 Å².